The first-order valence-electron chi connectivity index (χ1n) is 3.12. The lowest BCUT2D eigenvalue weighted by Crippen LogP contribution is -2.36. The fourth-order valence-electron chi connectivity index (χ4n) is 0.872. The zero-order chi connectivity index (χ0) is 7.78. The number of carboxylic acid groups (broad SMARTS) is 1. The highest BCUT2D eigenvalue weighted by atomic mass is 16.5. The van der Waals surface area contributed by atoms with Crippen molar-refractivity contribution in [2.45, 2.75) is 19.4 Å². The Morgan fingerprint density at radius 3 is 2.70 bits per heavy atom. The van der Waals surface area contributed by atoms with Crippen LogP contribution in [0.4, 0.5) is 0 Å². The summed E-state index contributed by atoms with van der Waals surface area (Å²) in [5.41, 5.74) is -0.292. The van der Waals surface area contributed by atoms with Crippen LogP contribution < -0.4 is 0 Å². The Bertz CT molecular complexity index is 195. The average Bonchev–Trinajstić information content (AvgIpc) is 2.15. The smallest absolute Gasteiger partial charge is 0.340 e. The molecule has 0 aromatic rings. The molecule has 0 radical (unpaired) electrons. The molecule has 1 N–H and O–H groups in total. The van der Waals surface area contributed by atoms with Gasteiger partial charge in [0.15, 0.2) is 5.60 Å². The van der Waals surface area contributed by atoms with Gasteiger partial charge in [0, 0.05) is 0 Å². The molecular formula is C7H10O3. The Morgan fingerprint density at radius 2 is 2.50 bits per heavy atom. The molecule has 0 aromatic carbocycles. The largest absolute Gasteiger partial charge is 0.479 e. The zero-order valence-electron chi connectivity index (χ0n) is 6.05. The molecule has 3 nitrogen and oxygen atoms in total. The fourth-order valence-corrected chi connectivity index (χ4v) is 0.872. The molecule has 10 heavy (non-hydrogen) atoms. The third-order valence-electron chi connectivity index (χ3n) is 1.92. The molecule has 1 aliphatic heterocycles. The van der Waals surface area contributed by atoms with Crippen molar-refractivity contribution in [2.75, 3.05) is 6.61 Å². The van der Waals surface area contributed by atoms with Crippen molar-refractivity contribution in [1.82, 2.24) is 0 Å². The second-order valence-electron chi connectivity index (χ2n) is 2.54. The normalized spacial score (nSPS) is 32.0. The topological polar surface area (TPSA) is 46.5 Å². The Hall–Kier alpha value is -0.830. The molecular weight excluding hydrogens is 132 g/mol. The minimum atomic E-state index is -1.07. The Balaban J connectivity index is 2.89. The van der Waals surface area contributed by atoms with Crippen LogP contribution in [-0.4, -0.2) is 23.3 Å². The highest BCUT2D eigenvalue weighted by Gasteiger charge is 2.38. The summed E-state index contributed by atoms with van der Waals surface area (Å²) >= 11 is 0. The number of rotatable bonds is 1. The van der Waals surface area contributed by atoms with Gasteiger partial charge in [0.1, 0.15) is 0 Å². The van der Waals surface area contributed by atoms with E-state index in [1.807, 2.05) is 0 Å². The maximum atomic E-state index is 10.6. The first-order valence-corrected chi connectivity index (χ1v) is 3.12. The van der Waals surface area contributed by atoms with Crippen LogP contribution in [0.15, 0.2) is 11.6 Å². The van der Waals surface area contributed by atoms with Crippen molar-refractivity contribution in [3.8, 4) is 0 Å². The van der Waals surface area contributed by atoms with E-state index in [-0.39, 0.29) is 0 Å². The van der Waals surface area contributed by atoms with Gasteiger partial charge in [-0.1, -0.05) is 6.08 Å². The van der Waals surface area contributed by atoms with Crippen LogP contribution in [0.3, 0.4) is 0 Å². The molecule has 0 aliphatic carbocycles. The third kappa shape index (κ3) is 0.827. The molecule has 3 heteroatoms. The van der Waals surface area contributed by atoms with E-state index in [0.717, 1.165) is 5.57 Å². The number of carboxylic acids is 1. The summed E-state index contributed by atoms with van der Waals surface area (Å²) in [7, 11) is 0. The molecule has 1 unspecified atom stereocenters. The molecule has 1 atom stereocenters. The SMILES string of the molecule is CC1=CCOC1(C)C(=O)O. The number of ether oxygens (including phenoxy) is 1. The van der Waals surface area contributed by atoms with Crippen molar-refractivity contribution in [3.63, 3.8) is 0 Å². The molecule has 1 heterocycles. The number of hydrogen-bond acceptors (Lipinski definition) is 2. The van der Waals surface area contributed by atoms with Crippen LogP contribution in [0.5, 0.6) is 0 Å². The van der Waals surface area contributed by atoms with Gasteiger partial charge in [0.25, 0.3) is 0 Å². The van der Waals surface area contributed by atoms with Crippen LogP contribution >= 0.6 is 0 Å². The highest BCUT2D eigenvalue weighted by Crippen LogP contribution is 2.26. The van der Waals surface area contributed by atoms with Gasteiger partial charge >= 0.3 is 5.97 Å². The van der Waals surface area contributed by atoms with E-state index in [4.69, 9.17) is 9.84 Å². The quantitative estimate of drug-likeness (QED) is 0.551. The highest BCUT2D eigenvalue weighted by molar-refractivity contribution is 5.81. The van der Waals surface area contributed by atoms with Crippen LogP contribution in [0.25, 0.3) is 0 Å². The predicted molar refractivity (Wildman–Crippen MR) is 35.7 cm³/mol. The van der Waals surface area contributed by atoms with Crippen molar-refractivity contribution in [3.05, 3.63) is 11.6 Å². The van der Waals surface area contributed by atoms with Gasteiger partial charge in [-0.25, -0.2) is 4.79 Å². The molecule has 56 valence electrons. The Labute approximate surface area is 59.3 Å². The van der Waals surface area contributed by atoms with E-state index in [1.54, 1.807) is 19.9 Å². The summed E-state index contributed by atoms with van der Waals surface area (Å²) in [6.07, 6.45) is 1.79. The van der Waals surface area contributed by atoms with E-state index < -0.39 is 11.6 Å². The van der Waals surface area contributed by atoms with Crippen LogP contribution in [0.2, 0.25) is 0 Å². The lowest BCUT2D eigenvalue weighted by Gasteiger charge is -2.19. The van der Waals surface area contributed by atoms with Crippen molar-refractivity contribution in [1.29, 1.82) is 0 Å². The first-order chi connectivity index (χ1) is 4.57. The van der Waals surface area contributed by atoms with E-state index in [2.05, 4.69) is 0 Å². The molecule has 0 aromatic heterocycles. The minimum Gasteiger partial charge on any atom is -0.479 e. The molecule has 0 bridgehead atoms. The standard InChI is InChI=1S/C7H10O3/c1-5-3-4-10-7(5,2)6(8)9/h3H,4H2,1-2H3,(H,8,9). The lowest BCUT2D eigenvalue weighted by molar-refractivity contribution is -0.155. The molecule has 0 spiro atoms. The van der Waals surface area contributed by atoms with Gasteiger partial charge in [0.2, 0.25) is 0 Å². The summed E-state index contributed by atoms with van der Waals surface area (Å²) in [6, 6.07) is 0. The van der Waals surface area contributed by atoms with Gasteiger partial charge in [-0.3, -0.25) is 0 Å². The maximum Gasteiger partial charge on any atom is 0.340 e. The van der Waals surface area contributed by atoms with Gasteiger partial charge in [-0.05, 0) is 19.4 Å². The average molecular weight is 142 g/mol. The van der Waals surface area contributed by atoms with Crippen LogP contribution in [0, 0.1) is 0 Å². The summed E-state index contributed by atoms with van der Waals surface area (Å²) in [4.78, 5) is 10.6. The fraction of sp³-hybridized carbons (Fsp3) is 0.571. The first kappa shape index (κ1) is 7.28. The monoisotopic (exact) mass is 142 g/mol. The molecule has 0 fully saturated rings. The van der Waals surface area contributed by atoms with Crippen molar-refractivity contribution in [2.24, 2.45) is 0 Å². The Morgan fingerprint density at radius 1 is 1.90 bits per heavy atom. The Kier molecular flexibility index (Phi) is 1.52. The van der Waals surface area contributed by atoms with Gasteiger partial charge in [-0.2, -0.15) is 0 Å². The van der Waals surface area contributed by atoms with E-state index >= 15 is 0 Å². The maximum absolute atomic E-state index is 10.6. The number of hydrogen-bond donors (Lipinski definition) is 1. The van der Waals surface area contributed by atoms with Gasteiger partial charge in [0.05, 0.1) is 6.61 Å². The second-order valence-corrected chi connectivity index (χ2v) is 2.54. The summed E-state index contributed by atoms with van der Waals surface area (Å²) < 4.78 is 5.02. The van der Waals surface area contributed by atoms with Crippen LogP contribution in [0.1, 0.15) is 13.8 Å². The molecule has 0 amide bonds. The van der Waals surface area contributed by atoms with Crippen molar-refractivity contribution >= 4 is 5.97 Å². The van der Waals surface area contributed by atoms with Gasteiger partial charge in [-0.15, -0.1) is 0 Å². The third-order valence-corrected chi connectivity index (χ3v) is 1.92. The number of aliphatic carboxylic acids is 1. The molecule has 1 rings (SSSR count). The molecule has 1 aliphatic rings. The zero-order valence-corrected chi connectivity index (χ0v) is 6.05. The molecule has 0 saturated heterocycles. The van der Waals surface area contributed by atoms with Gasteiger partial charge < -0.3 is 9.84 Å². The minimum absolute atomic E-state index is 0.411. The molecule has 0 saturated carbocycles. The number of carbonyl (C=O) groups is 1. The van der Waals surface area contributed by atoms with E-state index in [9.17, 15) is 4.79 Å². The lowest BCUT2D eigenvalue weighted by atomic mass is 9.99. The van der Waals surface area contributed by atoms with Crippen LogP contribution in [-0.2, 0) is 9.53 Å². The van der Waals surface area contributed by atoms with E-state index in [0.29, 0.717) is 6.61 Å². The second kappa shape index (κ2) is 2.09. The summed E-state index contributed by atoms with van der Waals surface area (Å²) in [6.45, 7) is 3.74. The summed E-state index contributed by atoms with van der Waals surface area (Å²) in [5, 5.41) is 8.68. The van der Waals surface area contributed by atoms with Crippen molar-refractivity contribution < 1.29 is 14.6 Å². The summed E-state index contributed by atoms with van der Waals surface area (Å²) in [5.74, 6) is -0.918. The predicted octanol–water partition coefficient (Wildman–Crippen LogP) is 0.806. The van der Waals surface area contributed by atoms with E-state index in [1.165, 1.54) is 0 Å².